The van der Waals surface area contributed by atoms with Crippen LogP contribution < -0.4 is 10.6 Å². The number of nitrogens with one attached hydrogen (secondary N) is 2. The summed E-state index contributed by atoms with van der Waals surface area (Å²) in [5.74, 6) is -0.205. The summed E-state index contributed by atoms with van der Waals surface area (Å²) in [4.78, 5) is 30.7. The first-order valence-corrected chi connectivity index (χ1v) is 10.6. The van der Waals surface area contributed by atoms with Crippen LogP contribution in [0.5, 0.6) is 0 Å². The summed E-state index contributed by atoms with van der Waals surface area (Å²) in [6.45, 7) is 4.37. The third-order valence-corrected chi connectivity index (χ3v) is 6.04. The fourth-order valence-corrected chi connectivity index (χ4v) is 4.57. The smallest absolute Gasteiger partial charge is 0.251 e. The van der Waals surface area contributed by atoms with E-state index < -0.39 is 0 Å². The zero-order chi connectivity index (χ0) is 20.2. The quantitative estimate of drug-likeness (QED) is 0.676. The molecule has 1 aromatic heterocycles. The van der Waals surface area contributed by atoms with Gasteiger partial charge in [0.15, 0.2) is 5.13 Å². The number of carbonyl (C=O) groups is 2. The molecule has 0 bridgehead atoms. The molecule has 7 heteroatoms. The van der Waals surface area contributed by atoms with E-state index in [1.807, 2.05) is 18.2 Å². The van der Waals surface area contributed by atoms with E-state index in [2.05, 4.69) is 44.8 Å². The van der Waals surface area contributed by atoms with Crippen molar-refractivity contribution in [1.82, 2.24) is 15.2 Å². The Balaban J connectivity index is 1.33. The summed E-state index contributed by atoms with van der Waals surface area (Å²) >= 11 is 1.37. The number of benzene rings is 2. The lowest BCUT2D eigenvalue weighted by Crippen LogP contribution is -2.44. The number of amides is 2. The van der Waals surface area contributed by atoms with Gasteiger partial charge < -0.3 is 10.6 Å². The minimum absolute atomic E-state index is 0.0529. The molecule has 3 aromatic rings. The average Bonchev–Trinajstić information content (AvgIpc) is 3.11. The van der Waals surface area contributed by atoms with Crippen LogP contribution in [0.1, 0.15) is 35.7 Å². The van der Waals surface area contributed by atoms with Crippen molar-refractivity contribution in [2.45, 2.75) is 32.4 Å². The molecule has 1 fully saturated rings. The number of nitrogens with zero attached hydrogens (tertiary/aromatic N) is 2. The van der Waals surface area contributed by atoms with Crippen LogP contribution in [-0.2, 0) is 11.3 Å². The maximum atomic E-state index is 12.7. The molecule has 2 aromatic carbocycles. The van der Waals surface area contributed by atoms with Gasteiger partial charge in [-0.3, -0.25) is 14.5 Å². The van der Waals surface area contributed by atoms with Crippen LogP contribution in [0.4, 0.5) is 5.13 Å². The highest BCUT2D eigenvalue weighted by molar-refractivity contribution is 7.22. The van der Waals surface area contributed by atoms with E-state index >= 15 is 0 Å². The summed E-state index contributed by atoms with van der Waals surface area (Å²) < 4.78 is 0.888. The number of fused-ring (bicyclic) bond motifs is 1. The molecular weight excluding hydrogens is 384 g/mol. The van der Waals surface area contributed by atoms with Crippen LogP contribution in [-0.4, -0.2) is 40.8 Å². The van der Waals surface area contributed by atoms with Gasteiger partial charge in [0.25, 0.3) is 5.91 Å². The van der Waals surface area contributed by atoms with Gasteiger partial charge in [0.1, 0.15) is 0 Å². The summed E-state index contributed by atoms with van der Waals surface area (Å²) in [7, 11) is 0. The van der Waals surface area contributed by atoms with Crippen LogP contribution >= 0.6 is 11.3 Å². The lowest BCUT2D eigenvalue weighted by Gasteiger charge is -2.32. The normalized spacial score (nSPS) is 15.3. The van der Waals surface area contributed by atoms with Crippen molar-refractivity contribution < 1.29 is 9.59 Å². The fourth-order valence-electron chi connectivity index (χ4n) is 3.62. The Kier molecular flexibility index (Phi) is 5.87. The van der Waals surface area contributed by atoms with Crippen molar-refractivity contribution in [1.29, 1.82) is 0 Å². The SMILES string of the molecule is CC(=O)Nc1nc2ccc(C(=O)NC3CCN(Cc4ccccc4)CC3)cc2s1. The largest absolute Gasteiger partial charge is 0.349 e. The molecule has 4 rings (SSSR count). The van der Waals surface area contributed by atoms with Crippen LogP contribution in [0, 0.1) is 0 Å². The third-order valence-electron chi connectivity index (χ3n) is 5.11. The van der Waals surface area contributed by atoms with E-state index in [1.54, 1.807) is 6.07 Å². The molecule has 2 N–H and O–H groups in total. The molecule has 0 unspecified atom stereocenters. The Hall–Kier alpha value is -2.77. The highest BCUT2D eigenvalue weighted by Gasteiger charge is 2.21. The second-order valence-corrected chi connectivity index (χ2v) is 8.42. The van der Waals surface area contributed by atoms with Gasteiger partial charge in [0.05, 0.1) is 10.2 Å². The lowest BCUT2D eigenvalue weighted by molar-refractivity contribution is -0.114. The molecule has 29 heavy (non-hydrogen) atoms. The topological polar surface area (TPSA) is 74.3 Å². The van der Waals surface area contributed by atoms with Gasteiger partial charge in [-0.15, -0.1) is 0 Å². The Morgan fingerprint density at radius 1 is 1.14 bits per heavy atom. The van der Waals surface area contributed by atoms with Crippen molar-refractivity contribution in [2.75, 3.05) is 18.4 Å². The van der Waals surface area contributed by atoms with Crippen molar-refractivity contribution in [3.05, 3.63) is 59.7 Å². The van der Waals surface area contributed by atoms with Crippen LogP contribution in [0.15, 0.2) is 48.5 Å². The third kappa shape index (κ3) is 4.99. The summed E-state index contributed by atoms with van der Waals surface area (Å²) in [5.41, 5.74) is 2.73. The van der Waals surface area contributed by atoms with Crippen LogP contribution in [0.3, 0.4) is 0 Å². The Labute approximate surface area is 173 Å². The van der Waals surface area contributed by atoms with E-state index in [9.17, 15) is 9.59 Å². The van der Waals surface area contributed by atoms with E-state index in [-0.39, 0.29) is 17.9 Å². The van der Waals surface area contributed by atoms with Crippen molar-refractivity contribution in [3.8, 4) is 0 Å². The number of aromatic nitrogens is 1. The first-order valence-electron chi connectivity index (χ1n) is 9.82. The zero-order valence-corrected chi connectivity index (χ0v) is 17.2. The number of likely N-dealkylation sites (tertiary alicyclic amines) is 1. The summed E-state index contributed by atoms with van der Waals surface area (Å²) in [6.07, 6.45) is 1.90. The van der Waals surface area contributed by atoms with E-state index in [4.69, 9.17) is 0 Å². The highest BCUT2D eigenvalue weighted by Crippen LogP contribution is 2.27. The predicted octanol–water partition coefficient (Wildman–Crippen LogP) is 3.65. The minimum Gasteiger partial charge on any atom is -0.349 e. The first kappa shape index (κ1) is 19.5. The molecule has 1 aliphatic heterocycles. The molecule has 1 aliphatic rings. The van der Waals surface area contributed by atoms with Crippen molar-refractivity contribution in [3.63, 3.8) is 0 Å². The molecule has 0 saturated carbocycles. The number of carbonyl (C=O) groups excluding carboxylic acids is 2. The fraction of sp³-hybridized carbons (Fsp3) is 0.318. The van der Waals surface area contributed by atoms with Gasteiger partial charge in [-0.05, 0) is 36.6 Å². The summed E-state index contributed by atoms with van der Waals surface area (Å²) in [6, 6.07) is 16.1. The maximum Gasteiger partial charge on any atom is 0.251 e. The minimum atomic E-state index is -0.152. The van der Waals surface area contributed by atoms with Gasteiger partial charge in [0.2, 0.25) is 5.91 Å². The van der Waals surface area contributed by atoms with Crippen LogP contribution in [0.25, 0.3) is 10.2 Å². The Bertz CT molecular complexity index is 1010. The molecule has 0 radical (unpaired) electrons. The number of piperidine rings is 1. The zero-order valence-electron chi connectivity index (χ0n) is 16.4. The van der Waals surface area contributed by atoms with Crippen molar-refractivity contribution >= 4 is 38.5 Å². The average molecular weight is 409 g/mol. The predicted molar refractivity (Wildman–Crippen MR) is 116 cm³/mol. The van der Waals surface area contributed by atoms with E-state index in [0.29, 0.717) is 10.7 Å². The number of hydrogen-bond acceptors (Lipinski definition) is 5. The number of anilines is 1. The highest BCUT2D eigenvalue weighted by atomic mass is 32.1. The number of thiazole rings is 1. The maximum absolute atomic E-state index is 12.7. The first-order chi connectivity index (χ1) is 14.1. The van der Waals surface area contributed by atoms with E-state index in [0.717, 1.165) is 42.7 Å². The molecule has 2 amide bonds. The molecule has 2 heterocycles. The molecule has 0 atom stereocenters. The Morgan fingerprint density at radius 2 is 1.90 bits per heavy atom. The van der Waals surface area contributed by atoms with Crippen molar-refractivity contribution in [2.24, 2.45) is 0 Å². The van der Waals surface area contributed by atoms with Gasteiger partial charge in [-0.1, -0.05) is 41.7 Å². The second kappa shape index (κ2) is 8.71. The van der Waals surface area contributed by atoms with Gasteiger partial charge >= 0.3 is 0 Å². The standard InChI is InChI=1S/C22H24N4O2S/c1-15(27)23-22-25-19-8-7-17(13-20(19)29-22)21(28)24-18-9-11-26(12-10-18)14-16-5-3-2-4-6-16/h2-8,13,18H,9-12,14H2,1H3,(H,24,28)(H,23,25,27). The van der Waals surface area contributed by atoms with Crippen LogP contribution in [0.2, 0.25) is 0 Å². The second-order valence-electron chi connectivity index (χ2n) is 7.39. The summed E-state index contributed by atoms with van der Waals surface area (Å²) in [5, 5.41) is 6.42. The monoisotopic (exact) mass is 408 g/mol. The molecule has 1 saturated heterocycles. The molecule has 150 valence electrons. The van der Waals surface area contributed by atoms with Gasteiger partial charge in [-0.25, -0.2) is 4.98 Å². The number of hydrogen-bond donors (Lipinski definition) is 2. The molecule has 0 aliphatic carbocycles. The van der Waals surface area contributed by atoms with E-state index in [1.165, 1.54) is 23.8 Å². The molecular formula is C22H24N4O2S. The van der Waals surface area contributed by atoms with Gasteiger partial charge in [0, 0.05) is 38.2 Å². The Morgan fingerprint density at radius 3 is 2.62 bits per heavy atom. The molecule has 6 nitrogen and oxygen atoms in total. The lowest BCUT2D eigenvalue weighted by atomic mass is 10.0. The molecule has 0 spiro atoms. The number of rotatable bonds is 5. The van der Waals surface area contributed by atoms with Gasteiger partial charge in [-0.2, -0.15) is 0 Å².